The van der Waals surface area contributed by atoms with Crippen LogP contribution in [0.25, 0.3) is 0 Å². The standard InChI is InChI=1S/C18H22N2O3S/c1-14-7-6-10-17(11-14)20(24(3,22)23)13-18(21)19-12-16-9-5-4-8-15(16)2/h4-11H,12-13H2,1-3H3,(H,19,21). The number of hydrogen-bond donors (Lipinski definition) is 1. The highest BCUT2D eigenvalue weighted by atomic mass is 32.2. The summed E-state index contributed by atoms with van der Waals surface area (Å²) in [6, 6.07) is 14.8. The quantitative estimate of drug-likeness (QED) is 0.873. The van der Waals surface area contributed by atoms with E-state index in [0.717, 1.165) is 27.3 Å². The molecule has 0 atom stereocenters. The van der Waals surface area contributed by atoms with Gasteiger partial charge in [0, 0.05) is 6.54 Å². The first kappa shape index (κ1) is 18.0. The summed E-state index contributed by atoms with van der Waals surface area (Å²) in [7, 11) is -3.55. The summed E-state index contributed by atoms with van der Waals surface area (Å²) in [4.78, 5) is 12.2. The minimum Gasteiger partial charge on any atom is -0.350 e. The van der Waals surface area contributed by atoms with Gasteiger partial charge >= 0.3 is 0 Å². The second kappa shape index (κ2) is 7.49. The average Bonchev–Trinajstić information content (AvgIpc) is 2.50. The van der Waals surface area contributed by atoms with Crippen LogP contribution in [0, 0.1) is 13.8 Å². The van der Waals surface area contributed by atoms with Gasteiger partial charge in [-0.25, -0.2) is 8.42 Å². The lowest BCUT2D eigenvalue weighted by molar-refractivity contribution is -0.119. The van der Waals surface area contributed by atoms with Gasteiger partial charge in [-0.05, 0) is 42.7 Å². The summed E-state index contributed by atoms with van der Waals surface area (Å²) in [5, 5.41) is 2.78. The number of anilines is 1. The van der Waals surface area contributed by atoms with Crippen LogP contribution in [-0.4, -0.2) is 27.1 Å². The zero-order valence-electron chi connectivity index (χ0n) is 14.1. The number of nitrogens with one attached hydrogen (secondary N) is 1. The fourth-order valence-electron chi connectivity index (χ4n) is 2.37. The predicted octanol–water partition coefficient (Wildman–Crippen LogP) is 2.39. The third kappa shape index (κ3) is 4.83. The zero-order chi connectivity index (χ0) is 17.7. The van der Waals surface area contributed by atoms with Gasteiger partial charge in [-0.3, -0.25) is 9.10 Å². The monoisotopic (exact) mass is 346 g/mol. The van der Waals surface area contributed by atoms with Crippen LogP contribution in [-0.2, 0) is 21.4 Å². The SMILES string of the molecule is Cc1cccc(N(CC(=O)NCc2ccccc2C)S(C)(=O)=O)c1. The van der Waals surface area contributed by atoms with Gasteiger partial charge < -0.3 is 5.32 Å². The molecule has 1 N–H and O–H groups in total. The van der Waals surface area contributed by atoms with Crippen molar-refractivity contribution in [3.63, 3.8) is 0 Å². The Morgan fingerprint density at radius 3 is 2.42 bits per heavy atom. The number of rotatable bonds is 6. The molecule has 0 aliphatic carbocycles. The van der Waals surface area contributed by atoms with E-state index >= 15 is 0 Å². The smallest absolute Gasteiger partial charge is 0.241 e. The van der Waals surface area contributed by atoms with Crippen LogP contribution >= 0.6 is 0 Å². The van der Waals surface area contributed by atoms with Crippen molar-refractivity contribution in [1.82, 2.24) is 5.32 Å². The normalized spacial score (nSPS) is 11.1. The van der Waals surface area contributed by atoms with Crippen LogP contribution in [0.2, 0.25) is 0 Å². The summed E-state index contributed by atoms with van der Waals surface area (Å²) in [6.07, 6.45) is 1.10. The third-order valence-electron chi connectivity index (χ3n) is 3.71. The molecule has 2 rings (SSSR count). The molecule has 128 valence electrons. The number of sulfonamides is 1. The second-order valence-corrected chi connectivity index (χ2v) is 7.72. The molecule has 2 aromatic rings. The minimum absolute atomic E-state index is 0.242. The molecule has 0 aliphatic rings. The lowest BCUT2D eigenvalue weighted by atomic mass is 10.1. The topological polar surface area (TPSA) is 66.5 Å². The van der Waals surface area contributed by atoms with Crippen molar-refractivity contribution in [3.05, 3.63) is 65.2 Å². The van der Waals surface area contributed by atoms with Crippen molar-refractivity contribution in [2.24, 2.45) is 0 Å². The Bertz CT molecular complexity index is 832. The van der Waals surface area contributed by atoms with Crippen molar-refractivity contribution in [2.75, 3.05) is 17.1 Å². The highest BCUT2D eigenvalue weighted by molar-refractivity contribution is 7.92. The van der Waals surface area contributed by atoms with Gasteiger partial charge in [0.15, 0.2) is 0 Å². The Labute approximate surface area is 143 Å². The molecule has 0 bridgehead atoms. The maximum Gasteiger partial charge on any atom is 0.241 e. The number of nitrogens with zero attached hydrogens (tertiary/aromatic N) is 1. The first-order chi connectivity index (χ1) is 11.3. The summed E-state index contributed by atoms with van der Waals surface area (Å²) >= 11 is 0. The van der Waals surface area contributed by atoms with E-state index < -0.39 is 10.0 Å². The first-order valence-corrected chi connectivity index (χ1v) is 9.48. The number of hydrogen-bond acceptors (Lipinski definition) is 3. The van der Waals surface area contributed by atoms with Gasteiger partial charge in [0.25, 0.3) is 0 Å². The summed E-state index contributed by atoms with van der Waals surface area (Å²) in [5.41, 5.74) is 3.51. The van der Waals surface area contributed by atoms with E-state index in [-0.39, 0.29) is 12.5 Å². The molecule has 0 heterocycles. The Hall–Kier alpha value is -2.34. The fraction of sp³-hybridized carbons (Fsp3) is 0.278. The van der Waals surface area contributed by atoms with E-state index in [0.29, 0.717) is 12.2 Å². The highest BCUT2D eigenvalue weighted by Crippen LogP contribution is 2.18. The van der Waals surface area contributed by atoms with E-state index in [1.165, 1.54) is 0 Å². The van der Waals surface area contributed by atoms with Crippen LogP contribution in [0.3, 0.4) is 0 Å². The predicted molar refractivity (Wildman–Crippen MR) is 96.4 cm³/mol. The maximum atomic E-state index is 12.2. The molecule has 0 saturated carbocycles. The molecular formula is C18H22N2O3S. The summed E-state index contributed by atoms with van der Waals surface area (Å²) in [6.45, 7) is 3.98. The number of carbonyl (C=O) groups is 1. The van der Waals surface area contributed by atoms with Gasteiger partial charge in [-0.15, -0.1) is 0 Å². The lowest BCUT2D eigenvalue weighted by Crippen LogP contribution is -2.40. The van der Waals surface area contributed by atoms with E-state index in [2.05, 4.69) is 5.32 Å². The van der Waals surface area contributed by atoms with Crippen LogP contribution in [0.5, 0.6) is 0 Å². The number of aryl methyl sites for hydroxylation is 2. The second-order valence-electron chi connectivity index (χ2n) is 5.81. The Kier molecular flexibility index (Phi) is 5.62. The van der Waals surface area contributed by atoms with Crippen LogP contribution in [0.15, 0.2) is 48.5 Å². The Morgan fingerprint density at radius 1 is 1.08 bits per heavy atom. The van der Waals surface area contributed by atoms with Gasteiger partial charge in [0.05, 0.1) is 11.9 Å². The molecule has 0 spiro atoms. The lowest BCUT2D eigenvalue weighted by Gasteiger charge is -2.22. The number of benzene rings is 2. The molecule has 0 fully saturated rings. The molecule has 1 amide bonds. The van der Waals surface area contributed by atoms with Crippen molar-refractivity contribution < 1.29 is 13.2 Å². The molecule has 2 aromatic carbocycles. The molecule has 6 heteroatoms. The number of amides is 1. The largest absolute Gasteiger partial charge is 0.350 e. The highest BCUT2D eigenvalue weighted by Gasteiger charge is 2.20. The molecular weight excluding hydrogens is 324 g/mol. The number of carbonyl (C=O) groups excluding carboxylic acids is 1. The van der Waals surface area contributed by atoms with Crippen molar-refractivity contribution in [3.8, 4) is 0 Å². The minimum atomic E-state index is -3.55. The Morgan fingerprint density at radius 2 is 1.79 bits per heavy atom. The van der Waals surface area contributed by atoms with E-state index in [1.54, 1.807) is 18.2 Å². The van der Waals surface area contributed by atoms with Crippen LogP contribution in [0.1, 0.15) is 16.7 Å². The summed E-state index contributed by atoms with van der Waals surface area (Å²) < 4.78 is 25.2. The van der Waals surface area contributed by atoms with Gasteiger partial charge in [0.2, 0.25) is 15.9 Å². The van der Waals surface area contributed by atoms with Crippen molar-refractivity contribution in [2.45, 2.75) is 20.4 Å². The van der Waals surface area contributed by atoms with Gasteiger partial charge in [-0.1, -0.05) is 36.4 Å². The molecule has 0 aliphatic heterocycles. The molecule has 0 saturated heterocycles. The zero-order valence-corrected chi connectivity index (χ0v) is 14.9. The van der Waals surface area contributed by atoms with E-state index in [4.69, 9.17) is 0 Å². The maximum absolute atomic E-state index is 12.2. The summed E-state index contributed by atoms with van der Waals surface area (Å²) in [5.74, 6) is -0.342. The van der Waals surface area contributed by atoms with Gasteiger partial charge in [-0.2, -0.15) is 0 Å². The van der Waals surface area contributed by atoms with E-state index in [1.807, 2.05) is 44.2 Å². The molecule has 5 nitrogen and oxygen atoms in total. The molecule has 24 heavy (non-hydrogen) atoms. The van der Waals surface area contributed by atoms with Crippen LogP contribution in [0.4, 0.5) is 5.69 Å². The van der Waals surface area contributed by atoms with Crippen LogP contribution < -0.4 is 9.62 Å². The average molecular weight is 346 g/mol. The Balaban J connectivity index is 2.10. The molecule has 0 radical (unpaired) electrons. The third-order valence-corrected chi connectivity index (χ3v) is 4.86. The van der Waals surface area contributed by atoms with E-state index in [9.17, 15) is 13.2 Å². The first-order valence-electron chi connectivity index (χ1n) is 7.63. The van der Waals surface area contributed by atoms with Gasteiger partial charge in [0.1, 0.15) is 6.54 Å². The van der Waals surface area contributed by atoms with Crippen molar-refractivity contribution in [1.29, 1.82) is 0 Å². The molecule has 0 aromatic heterocycles. The van der Waals surface area contributed by atoms with Crippen molar-refractivity contribution >= 4 is 21.6 Å². The fourth-order valence-corrected chi connectivity index (χ4v) is 3.22. The molecule has 0 unspecified atom stereocenters.